The van der Waals surface area contributed by atoms with Crippen molar-refractivity contribution in [3.05, 3.63) is 68.7 Å². The van der Waals surface area contributed by atoms with E-state index in [2.05, 4.69) is 0 Å². The maximum Gasteiger partial charge on any atom is 0.330 e. The molecule has 0 unspecified atom stereocenters. The van der Waals surface area contributed by atoms with Gasteiger partial charge in [-0.25, -0.2) is 4.79 Å². The first-order chi connectivity index (χ1) is 12.8. The normalized spacial score (nSPS) is 24.7. The number of aliphatic hydroxyl groups is 1. The monoisotopic (exact) mass is 378 g/mol. The molecule has 1 aliphatic heterocycles. The number of aromatic amines is 1. The van der Waals surface area contributed by atoms with Crippen LogP contribution in [-0.4, -0.2) is 38.9 Å². The zero-order chi connectivity index (χ0) is 19.6. The number of ether oxygens (including phenoxy) is 2. The quantitative estimate of drug-likeness (QED) is 0.733. The molecule has 144 valence electrons. The van der Waals surface area contributed by atoms with Gasteiger partial charge in [0.1, 0.15) is 24.5 Å². The fraction of sp³-hybridized carbons (Fsp3) is 0.389. The van der Waals surface area contributed by atoms with Crippen molar-refractivity contribution in [2.24, 2.45) is 0 Å². The van der Waals surface area contributed by atoms with Crippen molar-refractivity contribution in [3.8, 4) is 0 Å². The number of aromatic nitrogens is 2. The maximum atomic E-state index is 13.6. The molecule has 1 aliphatic rings. The number of benzene rings is 1. The Kier molecular flexibility index (Phi) is 5.24. The van der Waals surface area contributed by atoms with Gasteiger partial charge >= 0.3 is 11.7 Å². The molecule has 3 rings (SSSR count). The van der Waals surface area contributed by atoms with Crippen LogP contribution in [0, 0.1) is 5.82 Å². The number of hydrogen-bond acceptors (Lipinski definition) is 6. The minimum atomic E-state index is -1.46. The molecule has 1 saturated heterocycles. The number of nitrogens with one attached hydrogen (secondary N) is 1. The fourth-order valence-electron chi connectivity index (χ4n) is 3.16. The van der Waals surface area contributed by atoms with Crippen molar-refractivity contribution in [3.63, 3.8) is 0 Å². The van der Waals surface area contributed by atoms with Crippen LogP contribution in [0.1, 0.15) is 25.1 Å². The molecule has 1 aromatic heterocycles. The number of halogens is 1. The molecule has 0 radical (unpaired) electrons. The molecule has 1 fully saturated rings. The van der Waals surface area contributed by atoms with Crippen LogP contribution < -0.4 is 11.2 Å². The largest absolute Gasteiger partial charge is 0.463 e. The third kappa shape index (κ3) is 4.15. The second kappa shape index (κ2) is 7.45. The van der Waals surface area contributed by atoms with E-state index in [0.717, 1.165) is 16.3 Å². The minimum absolute atomic E-state index is 0.0563. The molecular formula is C18H19FN2O6. The second-order valence-corrected chi connectivity index (χ2v) is 6.50. The van der Waals surface area contributed by atoms with Crippen LogP contribution in [0.4, 0.5) is 4.39 Å². The van der Waals surface area contributed by atoms with E-state index in [1.807, 2.05) is 35.3 Å². The fourth-order valence-corrected chi connectivity index (χ4v) is 3.16. The summed E-state index contributed by atoms with van der Waals surface area (Å²) < 4.78 is 25.2. The zero-order valence-electron chi connectivity index (χ0n) is 14.6. The molecule has 0 amide bonds. The average Bonchev–Trinajstić information content (AvgIpc) is 2.93. The smallest absolute Gasteiger partial charge is 0.330 e. The van der Waals surface area contributed by atoms with E-state index >= 15 is 0 Å². The van der Waals surface area contributed by atoms with Gasteiger partial charge in [-0.1, -0.05) is 30.3 Å². The highest BCUT2D eigenvalue weighted by Crippen LogP contribution is 2.38. The average molecular weight is 378 g/mol. The van der Waals surface area contributed by atoms with Gasteiger partial charge in [-0.05, 0) is 5.56 Å². The van der Waals surface area contributed by atoms with Crippen LogP contribution in [0.5, 0.6) is 0 Å². The van der Waals surface area contributed by atoms with Gasteiger partial charge in [0.05, 0.1) is 6.20 Å². The summed E-state index contributed by atoms with van der Waals surface area (Å²) in [4.78, 5) is 36.3. The Labute approximate surface area is 153 Å². The molecule has 0 aliphatic carbocycles. The first-order valence-corrected chi connectivity index (χ1v) is 8.34. The van der Waals surface area contributed by atoms with Crippen LogP contribution in [0.3, 0.4) is 0 Å². The van der Waals surface area contributed by atoms with Crippen molar-refractivity contribution < 1.29 is 23.8 Å². The summed E-state index contributed by atoms with van der Waals surface area (Å²) in [6.45, 7) is 1.00. The molecule has 27 heavy (non-hydrogen) atoms. The van der Waals surface area contributed by atoms with Crippen molar-refractivity contribution in [1.29, 1.82) is 0 Å². The highest BCUT2D eigenvalue weighted by Gasteiger charge is 2.49. The van der Waals surface area contributed by atoms with Crippen LogP contribution in [0.2, 0.25) is 0 Å². The number of esters is 1. The number of carbonyl (C=O) groups excluding carboxylic acids is 1. The summed E-state index contributed by atoms with van der Waals surface area (Å²) in [6, 6.07) is 9.10. The lowest BCUT2D eigenvalue weighted by Gasteiger charge is -2.27. The lowest BCUT2D eigenvalue weighted by molar-refractivity contribution is -0.151. The first-order valence-electron chi connectivity index (χ1n) is 8.34. The van der Waals surface area contributed by atoms with Gasteiger partial charge in [-0.15, -0.1) is 0 Å². The number of rotatable bonds is 5. The lowest BCUT2D eigenvalue weighted by atomic mass is 9.88. The molecular weight excluding hydrogens is 359 g/mol. The van der Waals surface area contributed by atoms with Crippen LogP contribution in [0.25, 0.3) is 0 Å². The van der Waals surface area contributed by atoms with Crippen molar-refractivity contribution >= 4 is 5.97 Å². The van der Waals surface area contributed by atoms with Gasteiger partial charge in [-0.2, -0.15) is 4.39 Å². The molecule has 0 bridgehead atoms. The van der Waals surface area contributed by atoms with Gasteiger partial charge < -0.3 is 14.6 Å². The summed E-state index contributed by atoms with van der Waals surface area (Å²) in [6.07, 6.45) is -1.11. The minimum Gasteiger partial charge on any atom is -0.463 e. The van der Waals surface area contributed by atoms with E-state index in [4.69, 9.17) is 9.47 Å². The number of carbonyl (C=O) groups is 1. The van der Waals surface area contributed by atoms with Gasteiger partial charge in [-0.3, -0.25) is 19.1 Å². The van der Waals surface area contributed by atoms with Gasteiger partial charge in [0.2, 0.25) is 5.82 Å². The van der Waals surface area contributed by atoms with Gasteiger partial charge in [0, 0.05) is 19.8 Å². The highest BCUT2D eigenvalue weighted by molar-refractivity contribution is 5.65. The van der Waals surface area contributed by atoms with E-state index in [0.29, 0.717) is 0 Å². The number of hydrogen-bond donors (Lipinski definition) is 2. The van der Waals surface area contributed by atoms with Crippen LogP contribution in [-0.2, 0) is 20.7 Å². The van der Waals surface area contributed by atoms with Crippen molar-refractivity contribution in [1.82, 2.24) is 9.55 Å². The summed E-state index contributed by atoms with van der Waals surface area (Å²) in [7, 11) is 0. The Hall–Kier alpha value is -2.78. The third-order valence-electron chi connectivity index (χ3n) is 4.47. The van der Waals surface area contributed by atoms with Gasteiger partial charge in [0.25, 0.3) is 5.56 Å². The SMILES string of the molecule is CC(=O)OC[C@H]1O[C@@H](n2cc(F)c(=O)[nH]c2=O)C[C@@]1(O)Cc1ccccc1. The number of nitrogens with zero attached hydrogens (tertiary/aromatic N) is 1. The van der Waals surface area contributed by atoms with E-state index < -0.39 is 41.0 Å². The van der Waals surface area contributed by atoms with E-state index in [1.165, 1.54) is 6.92 Å². The van der Waals surface area contributed by atoms with E-state index in [-0.39, 0.29) is 19.4 Å². The Morgan fingerprint density at radius 3 is 2.78 bits per heavy atom. The summed E-state index contributed by atoms with van der Waals surface area (Å²) in [5.41, 5.74) is -2.64. The van der Waals surface area contributed by atoms with E-state index in [1.54, 1.807) is 0 Å². The standard InChI is InChI=1S/C18H19FN2O6/c1-11(22)26-10-14-18(25,7-12-5-3-2-4-6-12)8-15(27-14)21-9-13(19)16(23)20-17(21)24/h2-6,9,14-15,25H,7-8,10H2,1H3,(H,20,23,24)/t14-,15-,18+/m1/s1. The number of H-pyrrole nitrogens is 1. The molecule has 1 aromatic carbocycles. The highest BCUT2D eigenvalue weighted by atomic mass is 19.1. The van der Waals surface area contributed by atoms with Gasteiger partial charge in [0.15, 0.2) is 0 Å². The first kappa shape index (κ1) is 19.0. The predicted octanol–water partition coefficient (Wildman–Crippen LogP) is 0.500. The molecule has 0 saturated carbocycles. The Balaban J connectivity index is 1.91. The third-order valence-corrected chi connectivity index (χ3v) is 4.47. The molecule has 2 aromatic rings. The molecule has 8 nitrogen and oxygen atoms in total. The summed E-state index contributed by atoms with van der Waals surface area (Å²) in [5, 5.41) is 11.2. The van der Waals surface area contributed by atoms with E-state index in [9.17, 15) is 23.9 Å². The predicted molar refractivity (Wildman–Crippen MR) is 91.5 cm³/mol. The summed E-state index contributed by atoms with van der Waals surface area (Å²) in [5.74, 6) is -1.69. The molecule has 2 N–H and O–H groups in total. The maximum absolute atomic E-state index is 13.6. The lowest BCUT2D eigenvalue weighted by Crippen LogP contribution is -2.43. The molecule has 9 heteroatoms. The van der Waals surface area contributed by atoms with Crippen LogP contribution >= 0.6 is 0 Å². The van der Waals surface area contributed by atoms with Crippen molar-refractivity contribution in [2.45, 2.75) is 37.7 Å². The Morgan fingerprint density at radius 1 is 1.41 bits per heavy atom. The molecule has 2 heterocycles. The molecule has 0 spiro atoms. The Morgan fingerprint density at radius 2 is 2.11 bits per heavy atom. The zero-order valence-corrected chi connectivity index (χ0v) is 14.6. The topological polar surface area (TPSA) is 111 Å². The van der Waals surface area contributed by atoms with Crippen molar-refractivity contribution in [2.75, 3.05) is 6.61 Å². The van der Waals surface area contributed by atoms with Crippen LogP contribution in [0.15, 0.2) is 46.1 Å². The Bertz CT molecular complexity index is 941. The second-order valence-electron chi connectivity index (χ2n) is 6.50. The molecule has 3 atom stereocenters. The summed E-state index contributed by atoms with van der Waals surface area (Å²) >= 11 is 0.